The summed E-state index contributed by atoms with van der Waals surface area (Å²) in [5.41, 5.74) is 7.88. The number of para-hydroxylation sites is 1. The first kappa shape index (κ1) is 23.4. The van der Waals surface area contributed by atoms with Crippen LogP contribution >= 0.6 is 0 Å². The van der Waals surface area contributed by atoms with Gasteiger partial charge in [0.15, 0.2) is 5.78 Å². The van der Waals surface area contributed by atoms with E-state index in [1.165, 1.54) is 0 Å². The number of carbonyl (C=O) groups excluding carboxylic acids is 2. The number of ether oxygens (including phenoxy) is 2. The molecular weight excluding hydrogens is 398 g/mol. The van der Waals surface area contributed by atoms with Crippen LogP contribution in [-0.4, -0.2) is 53.7 Å². The third-order valence-electron chi connectivity index (χ3n) is 5.74. The van der Waals surface area contributed by atoms with Crippen LogP contribution in [0.1, 0.15) is 50.1 Å². The molecule has 1 aliphatic rings. The summed E-state index contributed by atoms with van der Waals surface area (Å²) in [6, 6.07) is 5.26. The highest BCUT2D eigenvalue weighted by Crippen LogP contribution is 2.27. The zero-order valence-corrected chi connectivity index (χ0v) is 18.3. The number of rotatable bonds is 12. The molecule has 1 fully saturated rings. The maximum absolute atomic E-state index is 13.0. The number of carbonyl (C=O) groups is 2. The van der Waals surface area contributed by atoms with Gasteiger partial charge < -0.3 is 15.2 Å². The number of ketones is 2. The molecular formula is C23H33N3O5. The van der Waals surface area contributed by atoms with Crippen LogP contribution in [0.4, 0.5) is 0 Å². The van der Waals surface area contributed by atoms with E-state index >= 15 is 0 Å². The van der Waals surface area contributed by atoms with Crippen LogP contribution in [0.15, 0.2) is 23.0 Å². The van der Waals surface area contributed by atoms with Crippen molar-refractivity contribution < 1.29 is 19.1 Å². The number of nitrogens with two attached hydrogens (primary N) is 1. The number of aryl methyl sites for hydroxylation is 2. The lowest BCUT2D eigenvalue weighted by atomic mass is 9.92. The minimum atomic E-state index is -0.556. The summed E-state index contributed by atoms with van der Waals surface area (Å²) in [7, 11) is 1.74. The van der Waals surface area contributed by atoms with E-state index in [0.717, 1.165) is 42.3 Å². The molecule has 1 aliphatic carbocycles. The number of Topliss-reactive ketones (excluding diaryl/α,β-unsaturated/α-hetero) is 2. The van der Waals surface area contributed by atoms with Crippen molar-refractivity contribution in [3.05, 3.63) is 34.2 Å². The molecule has 3 rings (SSSR count). The van der Waals surface area contributed by atoms with Gasteiger partial charge in [0.2, 0.25) is 0 Å². The maximum Gasteiger partial charge on any atom is 0.329 e. The Bertz CT molecular complexity index is 962. The van der Waals surface area contributed by atoms with E-state index < -0.39 is 6.04 Å². The van der Waals surface area contributed by atoms with Crippen LogP contribution in [0.5, 0.6) is 0 Å². The summed E-state index contributed by atoms with van der Waals surface area (Å²) < 4.78 is 14.3. The van der Waals surface area contributed by atoms with Gasteiger partial charge in [0, 0.05) is 39.9 Å². The SMILES string of the molecule is Cn1c(=O)n(C2CCC(=O)CC2=O)c2cccc(CCCOCCCOCCCN)c21. The molecule has 31 heavy (non-hydrogen) atoms. The number of hydrogen-bond acceptors (Lipinski definition) is 6. The van der Waals surface area contributed by atoms with Crippen LogP contribution in [0, 0.1) is 0 Å². The third-order valence-corrected chi connectivity index (χ3v) is 5.74. The highest BCUT2D eigenvalue weighted by Gasteiger charge is 2.31. The van der Waals surface area contributed by atoms with E-state index in [1.807, 2.05) is 18.2 Å². The van der Waals surface area contributed by atoms with Crippen LogP contribution in [0.25, 0.3) is 11.0 Å². The summed E-state index contributed by atoms with van der Waals surface area (Å²) in [6.07, 6.45) is 4.00. The zero-order valence-electron chi connectivity index (χ0n) is 18.3. The second-order valence-electron chi connectivity index (χ2n) is 8.06. The van der Waals surface area contributed by atoms with Gasteiger partial charge in [0.1, 0.15) is 5.78 Å². The predicted octanol–water partition coefficient (Wildman–Crippen LogP) is 1.91. The molecule has 1 aromatic carbocycles. The third kappa shape index (κ3) is 5.70. The predicted molar refractivity (Wildman–Crippen MR) is 118 cm³/mol. The molecule has 2 N–H and O–H groups in total. The second-order valence-corrected chi connectivity index (χ2v) is 8.06. The Kier molecular flexibility index (Phi) is 8.57. The minimum Gasteiger partial charge on any atom is -0.381 e. The van der Waals surface area contributed by atoms with Gasteiger partial charge in [-0.15, -0.1) is 0 Å². The topological polar surface area (TPSA) is 106 Å². The molecule has 8 nitrogen and oxygen atoms in total. The fourth-order valence-electron chi connectivity index (χ4n) is 4.17. The Morgan fingerprint density at radius 3 is 2.45 bits per heavy atom. The van der Waals surface area contributed by atoms with Gasteiger partial charge >= 0.3 is 5.69 Å². The molecule has 0 amide bonds. The first-order valence-corrected chi connectivity index (χ1v) is 11.1. The largest absolute Gasteiger partial charge is 0.381 e. The maximum atomic E-state index is 13.0. The highest BCUT2D eigenvalue weighted by molar-refractivity contribution is 6.03. The lowest BCUT2D eigenvalue weighted by Gasteiger charge is -2.21. The second kappa shape index (κ2) is 11.4. The van der Waals surface area contributed by atoms with E-state index in [-0.39, 0.29) is 23.7 Å². The van der Waals surface area contributed by atoms with Gasteiger partial charge in [-0.1, -0.05) is 12.1 Å². The molecule has 0 spiro atoms. The number of fused-ring (bicyclic) bond motifs is 1. The van der Waals surface area contributed by atoms with Crippen molar-refractivity contribution >= 4 is 22.6 Å². The summed E-state index contributed by atoms with van der Waals surface area (Å²) in [4.78, 5) is 37.0. The first-order valence-electron chi connectivity index (χ1n) is 11.1. The van der Waals surface area contributed by atoms with Crippen molar-refractivity contribution in [2.45, 2.75) is 51.0 Å². The first-order chi connectivity index (χ1) is 15.0. The average molecular weight is 432 g/mol. The van der Waals surface area contributed by atoms with Gasteiger partial charge in [-0.3, -0.25) is 18.7 Å². The van der Waals surface area contributed by atoms with Gasteiger partial charge in [-0.2, -0.15) is 0 Å². The van der Waals surface area contributed by atoms with Crippen LogP contribution in [-0.2, 0) is 32.5 Å². The van der Waals surface area contributed by atoms with E-state index in [4.69, 9.17) is 15.2 Å². The van der Waals surface area contributed by atoms with Crippen LogP contribution < -0.4 is 11.4 Å². The standard InChI is InChI=1S/C23H33N3O5/c1-25-22-17(7-3-12-30-14-5-15-31-13-4-11-24)6-2-8-20(22)26(23(25)29)19-10-9-18(27)16-21(19)28/h2,6,8,19H,3-5,7,9-16,24H2,1H3. The number of benzene rings is 1. The summed E-state index contributed by atoms with van der Waals surface area (Å²) >= 11 is 0. The van der Waals surface area contributed by atoms with Crippen LogP contribution in [0.2, 0.25) is 0 Å². The molecule has 0 bridgehead atoms. The molecule has 8 heteroatoms. The van der Waals surface area contributed by atoms with Gasteiger partial charge in [-0.25, -0.2) is 4.79 Å². The van der Waals surface area contributed by atoms with Crippen molar-refractivity contribution in [1.29, 1.82) is 0 Å². The number of imidazole rings is 1. The Hall–Kier alpha value is -2.29. The Morgan fingerprint density at radius 2 is 1.74 bits per heavy atom. The number of aromatic nitrogens is 2. The normalized spacial score (nSPS) is 17.0. The van der Waals surface area contributed by atoms with E-state index in [1.54, 1.807) is 16.2 Å². The van der Waals surface area contributed by atoms with Gasteiger partial charge in [0.05, 0.1) is 23.5 Å². The van der Waals surface area contributed by atoms with E-state index in [0.29, 0.717) is 45.8 Å². The molecule has 1 atom stereocenters. The van der Waals surface area contributed by atoms with Crippen molar-refractivity contribution in [3.63, 3.8) is 0 Å². The molecule has 1 aromatic heterocycles. The Balaban J connectivity index is 1.60. The molecule has 0 saturated heterocycles. The average Bonchev–Trinajstić information content (AvgIpc) is 3.01. The number of nitrogens with zero attached hydrogens (tertiary/aromatic N) is 2. The van der Waals surface area contributed by atoms with Crippen LogP contribution in [0.3, 0.4) is 0 Å². The van der Waals surface area contributed by atoms with Gasteiger partial charge in [-0.05, 0) is 50.3 Å². The number of hydrogen-bond donors (Lipinski definition) is 1. The van der Waals surface area contributed by atoms with Crippen molar-refractivity contribution in [2.24, 2.45) is 12.8 Å². The molecule has 1 saturated carbocycles. The fourth-order valence-corrected chi connectivity index (χ4v) is 4.17. The zero-order chi connectivity index (χ0) is 22.2. The fraction of sp³-hybridized carbons (Fsp3) is 0.609. The summed E-state index contributed by atoms with van der Waals surface area (Å²) in [6.45, 7) is 3.32. The van der Waals surface area contributed by atoms with Crippen molar-refractivity contribution in [1.82, 2.24) is 9.13 Å². The van der Waals surface area contributed by atoms with E-state index in [2.05, 4.69) is 0 Å². The lowest BCUT2D eigenvalue weighted by molar-refractivity contribution is -0.132. The molecule has 2 aromatic rings. The molecule has 0 radical (unpaired) electrons. The van der Waals surface area contributed by atoms with Crippen molar-refractivity contribution in [2.75, 3.05) is 33.0 Å². The monoisotopic (exact) mass is 431 g/mol. The quantitative estimate of drug-likeness (QED) is 0.406. The summed E-state index contributed by atoms with van der Waals surface area (Å²) in [5.74, 6) is -0.214. The van der Waals surface area contributed by atoms with E-state index in [9.17, 15) is 14.4 Å². The lowest BCUT2D eigenvalue weighted by Crippen LogP contribution is -2.34. The molecule has 1 heterocycles. The Labute approximate surface area is 182 Å². The molecule has 170 valence electrons. The van der Waals surface area contributed by atoms with Crippen molar-refractivity contribution in [3.8, 4) is 0 Å². The Morgan fingerprint density at radius 1 is 1.03 bits per heavy atom. The van der Waals surface area contributed by atoms with Gasteiger partial charge in [0.25, 0.3) is 0 Å². The minimum absolute atomic E-state index is 0.0441. The highest BCUT2D eigenvalue weighted by atomic mass is 16.5. The summed E-state index contributed by atoms with van der Waals surface area (Å²) in [5, 5.41) is 0. The molecule has 0 aliphatic heterocycles. The smallest absolute Gasteiger partial charge is 0.329 e. The molecule has 1 unspecified atom stereocenters.